The van der Waals surface area contributed by atoms with Gasteiger partial charge in [0, 0.05) is 6.07 Å². The Morgan fingerprint density at radius 3 is 3.06 bits per heavy atom. The van der Waals surface area contributed by atoms with Crippen LogP contribution in [0.15, 0.2) is 27.5 Å². The molecule has 0 saturated carbocycles. The van der Waals surface area contributed by atoms with Gasteiger partial charge in [0.05, 0.1) is 23.3 Å². The molecule has 0 unspecified atom stereocenters. The standard InChI is InChI=1S/C8H5N5O4S/c14-5-2-12(15)8-3(9-5)1-4(13(16)17)6-7(8)11-18-10-6/h1-2,11,14-15H. The number of aliphatic hydroxyl groups excluding tert-OH is 1. The van der Waals surface area contributed by atoms with Crippen LogP contribution in [-0.2, 0) is 0 Å². The number of non-ortho nitro benzene ring substituents is 1. The topological polar surface area (TPSA) is 124 Å². The third-order valence-electron chi connectivity index (χ3n) is 2.42. The highest BCUT2D eigenvalue weighted by Crippen LogP contribution is 2.29. The summed E-state index contributed by atoms with van der Waals surface area (Å²) in [6, 6.07) is 1.15. The van der Waals surface area contributed by atoms with Crippen molar-refractivity contribution < 1.29 is 15.2 Å². The Morgan fingerprint density at radius 2 is 2.33 bits per heavy atom. The lowest BCUT2D eigenvalue weighted by atomic mass is 10.2. The molecule has 3 N–H and O–H groups in total. The highest BCUT2D eigenvalue weighted by Gasteiger charge is 2.27. The molecule has 9 nitrogen and oxygen atoms in total. The molecule has 1 aromatic carbocycles. The van der Waals surface area contributed by atoms with Gasteiger partial charge in [0.2, 0.25) is 5.88 Å². The number of anilines is 2. The number of fused-ring (bicyclic) bond motifs is 3. The van der Waals surface area contributed by atoms with E-state index < -0.39 is 10.8 Å². The maximum Gasteiger partial charge on any atom is 0.300 e. The molecule has 18 heavy (non-hydrogen) atoms. The van der Waals surface area contributed by atoms with Crippen molar-refractivity contribution in [2.45, 2.75) is 0 Å². The molecule has 0 aromatic heterocycles. The molecule has 2 aliphatic rings. The lowest BCUT2D eigenvalue weighted by Crippen LogP contribution is -2.28. The molecule has 0 amide bonds. The molecular formula is C8H5N5O4S. The van der Waals surface area contributed by atoms with Gasteiger partial charge in [0.15, 0.2) is 5.36 Å². The van der Waals surface area contributed by atoms with Crippen molar-refractivity contribution in [1.29, 1.82) is 0 Å². The van der Waals surface area contributed by atoms with Gasteiger partial charge in [-0.3, -0.25) is 15.3 Å². The van der Waals surface area contributed by atoms with E-state index in [4.69, 9.17) is 0 Å². The number of nitrogens with one attached hydrogen (secondary N) is 1. The van der Waals surface area contributed by atoms with Gasteiger partial charge in [-0.15, -0.1) is 0 Å². The number of benzene rings is 1. The molecule has 0 fully saturated rings. The van der Waals surface area contributed by atoms with Gasteiger partial charge in [-0.05, 0) is 0 Å². The SMILES string of the molecule is O=[N+]([O-])c1cc2c(c3c1=NSN3)N(O)C=C(O)N=2. The van der Waals surface area contributed by atoms with Crippen molar-refractivity contribution in [3.05, 3.63) is 39.0 Å². The first kappa shape index (κ1) is 10.8. The molecule has 0 radical (unpaired) electrons. The van der Waals surface area contributed by atoms with E-state index in [1.54, 1.807) is 0 Å². The number of nitrogens with zero attached hydrogens (tertiary/aromatic N) is 4. The Kier molecular flexibility index (Phi) is 2.15. The zero-order chi connectivity index (χ0) is 12.9. The van der Waals surface area contributed by atoms with Crippen LogP contribution in [0.5, 0.6) is 0 Å². The van der Waals surface area contributed by atoms with E-state index in [1.165, 1.54) is 0 Å². The molecule has 0 bridgehead atoms. The highest BCUT2D eigenvalue weighted by molar-refractivity contribution is 7.99. The summed E-state index contributed by atoms with van der Waals surface area (Å²) in [4.78, 5) is 14.1. The van der Waals surface area contributed by atoms with Crippen LogP contribution in [0.2, 0.25) is 0 Å². The number of rotatable bonds is 1. The summed E-state index contributed by atoms with van der Waals surface area (Å²) in [5, 5.41) is 30.8. The van der Waals surface area contributed by atoms with Crippen LogP contribution in [0.1, 0.15) is 0 Å². The minimum Gasteiger partial charge on any atom is -0.492 e. The Bertz CT molecular complexity index is 715. The fraction of sp³-hybridized carbons (Fsp3) is 0. The van der Waals surface area contributed by atoms with Crippen LogP contribution in [0, 0.1) is 10.1 Å². The number of aliphatic hydroxyl groups is 1. The number of hydrogen-bond donors (Lipinski definition) is 3. The molecule has 0 spiro atoms. The first-order valence-corrected chi connectivity index (χ1v) is 5.44. The number of hydrogen-bond acceptors (Lipinski definition) is 9. The minimum absolute atomic E-state index is 0.0909. The number of nitro benzene ring substituents is 1. The van der Waals surface area contributed by atoms with E-state index >= 15 is 0 Å². The van der Waals surface area contributed by atoms with Gasteiger partial charge in [-0.25, -0.2) is 10.1 Å². The van der Waals surface area contributed by atoms with Crippen LogP contribution >= 0.6 is 12.1 Å². The van der Waals surface area contributed by atoms with E-state index in [9.17, 15) is 20.4 Å². The van der Waals surface area contributed by atoms with Crippen molar-refractivity contribution in [3.63, 3.8) is 0 Å². The zero-order valence-electron chi connectivity index (χ0n) is 8.56. The van der Waals surface area contributed by atoms with Gasteiger partial charge < -0.3 is 9.83 Å². The van der Waals surface area contributed by atoms with Gasteiger partial charge in [-0.2, -0.15) is 4.40 Å². The quantitative estimate of drug-likeness (QED) is 0.382. The van der Waals surface area contributed by atoms with Gasteiger partial charge in [0.25, 0.3) is 5.69 Å². The summed E-state index contributed by atoms with van der Waals surface area (Å²) in [6.45, 7) is 0. The predicted octanol–water partition coefficient (Wildman–Crippen LogP) is 0.389. The molecule has 0 atom stereocenters. The van der Waals surface area contributed by atoms with Crippen LogP contribution in [0.25, 0.3) is 0 Å². The Hall–Kier alpha value is -2.33. The van der Waals surface area contributed by atoms with Crippen LogP contribution < -0.4 is 20.5 Å². The molecule has 0 aliphatic carbocycles. The van der Waals surface area contributed by atoms with E-state index in [2.05, 4.69) is 14.1 Å². The predicted molar refractivity (Wildman–Crippen MR) is 61.6 cm³/mol. The summed E-state index contributed by atoms with van der Waals surface area (Å²) in [5.41, 5.74) is 0.259. The average molecular weight is 267 g/mol. The second-order valence-corrected chi connectivity index (χ2v) is 4.04. The summed E-state index contributed by atoms with van der Waals surface area (Å²) in [7, 11) is 0. The lowest BCUT2D eigenvalue weighted by Gasteiger charge is -2.17. The Morgan fingerprint density at radius 1 is 1.56 bits per heavy atom. The van der Waals surface area contributed by atoms with E-state index in [1.807, 2.05) is 0 Å². The molecular weight excluding hydrogens is 262 g/mol. The first-order chi connectivity index (χ1) is 8.58. The molecule has 3 rings (SSSR count). The van der Waals surface area contributed by atoms with Crippen LogP contribution in [0.3, 0.4) is 0 Å². The van der Waals surface area contributed by atoms with E-state index in [-0.39, 0.29) is 22.1 Å². The molecule has 1 aromatic rings. The van der Waals surface area contributed by atoms with Crippen molar-refractivity contribution in [2.24, 2.45) is 9.39 Å². The molecule has 2 heterocycles. The Balaban J connectivity index is 2.43. The highest BCUT2D eigenvalue weighted by atomic mass is 32.2. The minimum atomic E-state index is -0.594. The molecule has 0 saturated heterocycles. The molecule has 92 valence electrons. The summed E-state index contributed by atoms with van der Waals surface area (Å²) in [5.74, 6) is -0.443. The summed E-state index contributed by atoms with van der Waals surface area (Å²) in [6.07, 6.45) is 0.985. The van der Waals surface area contributed by atoms with E-state index in [0.29, 0.717) is 10.8 Å². The summed E-state index contributed by atoms with van der Waals surface area (Å²) < 4.78 is 6.63. The monoisotopic (exact) mass is 267 g/mol. The first-order valence-electron chi connectivity index (χ1n) is 4.67. The Labute approximate surface area is 103 Å². The number of hydroxylamine groups is 1. The fourth-order valence-electron chi connectivity index (χ4n) is 1.72. The van der Waals surface area contributed by atoms with Crippen LogP contribution in [-0.4, -0.2) is 15.2 Å². The fourth-order valence-corrected chi connectivity index (χ4v) is 2.33. The van der Waals surface area contributed by atoms with Gasteiger partial charge in [-0.1, -0.05) is 0 Å². The second-order valence-electron chi connectivity index (χ2n) is 3.47. The molecule has 10 heteroatoms. The van der Waals surface area contributed by atoms with Crippen LogP contribution in [0.4, 0.5) is 17.1 Å². The third-order valence-corrected chi connectivity index (χ3v) is 2.98. The van der Waals surface area contributed by atoms with Gasteiger partial charge in [0.1, 0.15) is 16.7 Å². The van der Waals surface area contributed by atoms with E-state index in [0.717, 1.165) is 24.4 Å². The van der Waals surface area contributed by atoms with Crippen molar-refractivity contribution in [1.82, 2.24) is 0 Å². The van der Waals surface area contributed by atoms with Crippen molar-refractivity contribution in [2.75, 3.05) is 9.79 Å². The lowest BCUT2D eigenvalue weighted by molar-refractivity contribution is -0.386. The summed E-state index contributed by atoms with van der Waals surface area (Å²) >= 11 is 0.918. The maximum atomic E-state index is 10.9. The van der Waals surface area contributed by atoms with Crippen molar-refractivity contribution >= 4 is 29.2 Å². The third kappa shape index (κ3) is 1.39. The molecule has 2 aliphatic heterocycles. The smallest absolute Gasteiger partial charge is 0.300 e. The second kappa shape index (κ2) is 3.58. The number of nitro groups is 1. The largest absolute Gasteiger partial charge is 0.492 e. The zero-order valence-corrected chi connectivity index (χ0v) is 9.38. The van der Waals surface area contributed by atoms with Crippen molar-refractivity contribution in [3.8, 4) is 0 Å². The van der Waals surface area contributed by atoms with Gasteiger partial charge >= 0.3 is 0 Å². The maximum absolute atomic E-state index is 10.9. The normalized spacial score (nSPS) is 15.8. The average Bonchev–Trinajstić information content (AvgIpc) is 2.75.